The number of esters is 1. The van der Waals surface area contributed by atoms with Crippen molar-refractivity contribution < 1.29 is 14.3 Å². The third kappa shape index (κ3) is 5.65. The van der Waals surface area contributed by atoms with Crippen molar-refractivity contribution in [1.29, 1.82) is 0 Å². The molecule has 1 saturated heterocycles. The number of piperidine rings is 1. The molecule has 1 aliphatic rings. The molecule has 0 amide bonds. The number of hydrogen-bond acceptors (Lipinski definition) is 4. The van der Waals surface area contributed by atoms with Crippen LogP contribution in [0, 0.1) is 5.92 Å². The van der Waals surface area contributed by atoms with Gasteiger partial charge in [-0.05, 0) is 43.0 Å². The Morgan fingerprint density at radius 3 is 2.70 bits per heavy atom. The Bertz CT molecular complexity index is 717. The summed E-state index contributed by atoms with van der Waals surface area (Å²) in [6.45, 7) is 6.24. The van der Waals surface area contributed by atoms with E-state index in [-0.39, 0.29) is 11.9 Å². The second-order valence-electron chi connectivity index (χ2n) is 6.97. The van der Waals surface area contributed by atoms with E-state index < -0.39 is 0 Å². The van der Waals surface area contributed by atoms with Crippen LogP contribution in [0.3, 0.4) is 0 Å². The van der Waals surface area contributed by atoms with Crippen molar-refractivity contribution in [3.05, 3.63) is 60.2 Å². The standard InChI is InChI=1S/C23H29NO3/c1-2-27-23(25)20-12-8-14-24(17-20)15-16-26-18-21-11-6-7-13-22(21)19-9-4-3-5-10-19/h3-7,9-11,13,20H,2,8,12,14-18H2,1H3. The van der Waals surface area contributed by atoms with E-state index in [0.29, 0.717) is 19.8 Å². The highest BCUT2D eigenvalue weighted by Crippen LogP contribution is 2.24. The molecule has 0 N–H and O–H groups in total. The first-order valence-corrected chi connectivity index (χ1v) is 9.88. The lowest BCUT2D eigenvalue weighted by Crippen LogP contribution is -2.40. The Balaban J connectivity index is 1.48. The number of nitrogens with zero attached hydrogens (tertiary/aromatic N) is 1. The molecular weight excluding hydrogens is 338 g/mol. The molecule has 4 heteroatoms. The van der Waals surface area contributed by atoms with E-state index in [1.807, 2.05) is 13.0 Å². The molecule has 0 radical (unpaired) electrons. The lowest BCUT2D eigenvalue weighted by Gasteiger charge is -2.31. The Labute approximate surface area is 162 Å². The molecule has 2 aromatic carbocycles. The first-order valence-electron chi connectivity index (χ1n) is 9.88. The highest BCUT2D eigenvalue weighted by Gasteiger charge is 2.26. The molecule has 1 aliphatic heterocycles. The van der Waals surface area contributed by atoms with Crippen molar-refractivity contribution in [1.82, 2.24) is 4.90 Å². The van der Waals surface area contributed by atoms with Crippen molar-refractivity contribution >= 4 is 5.97 Å². The van der Waals surface area contributed by atoms with Gasteiger partial charge in [0.05, 0.1) is 25.7 Å². The molecule has 27 heavy (non-hydrogen) atoms. The molecule has 0 spiro atoms. The van der Waals surface area contributed by atoms with Crippen LogP contribution in [0.15, 0.2) is 54.6 Å². The fourth-order valence-corrected chi connectivity index (χ4v) is 3.63. The van der Waals surface area contributed by atoms with Gasteiger partial charge in [0.25, 0.3) is 0 Å². The van der Waals surface area contributed by atoms with Gasteiger partial charge in [-0.25, -0.2) is 0 Å². The molecule has 0 saturated carbocycles. The largest absolute Gasteiger partial charge is 0.466 e. The molecule has 0 bridgehead atoms. The summed E-state index contributed by atoms with van der Waals surface area (Å²) in [4.78, 5) is 14.3. The minimum atomic E-state index is -0.0556. The number of rotatable bonds is 8. The van der Waals surface area contributed by atoms with Crippen molar-refractivity contribution in [2.45, 2.75) is 26.4 Å². The van der Waals surface area contributed by atoms with E-state index >= 15 is 0 Å². The quantitative estimate of drug-likeness (QED) is 0.519. The van der Waals surface area contributed by atoms with Crippen LogP contribution in [0.4, 0.5) is 0 Å². The summed E-state index contributed by atoms with van der Waals surface area (Å²) in [6.07, 6.45) is 1.97. The second-order valence-corrected chi connectivity index (χ2v) is 6.97. The smallest absolute Gasteiger partial charge is 0.310 e. The number of hydrogen-bond donors (Lipinski definition) is 0. The van der Waals surface area contributed by atoms with Crippen LogP contribution in [0.5, 0.6) is 0 Å². The summed E-state index contributed by atoms with van der Waals surface area (Å²) < 4.78 is 11.1. The van der Waals surface area contributed by atoms with Gasteiger partial charge in [-0.1, -0.05) is 54.6 Å². The first kappa shape index (κ1) is 19.6. The van der Waals surface area contributed by atoms with Crippen molar-refractivity contribution in [2.75, 3.05) is 32.8 Å². The second kappa shape index (κ2) is 10.2. The van der Waals surface area contributed by atoms with Crippen LogP contribution < -0.4 is 0 Å². The van der Waals surface area contributed by atoms with Crippen molar-refractivity contribution in [3.8, 4) is 11.1 Å². The Hall–Kier alpha value is -2.17. The molecule has 1 heterocycles. The highest BCUT2D eigenvalue weighted by atomic mass is 16.5. The van der Waals surface area contributed by atoms with Gasteiger partial charge >= 0.3 is 5.97 Å². The number of likely N-dealkylation sites (tertiary alicyclic amines) is 1. The zero-order valence-electron chi connectivity index (χ0n) is 16.1. The summed E-state index contributed by atoms with van der Waals surface area (Å²) in [5.74, 6) is -0.0441. The minimum absolute atomic E-state index is 0.0116. The lowest BCUT2D eigenvalue weighted by atomic mass is 9.98. The summed E-state index contributed by atoms with van der Waals surface area (Å²) in [7, 11) is 0. The Morgan fingerprint density at radius 2 is 1.89 bits per heavy atom. The first-order chi connectivity index (χ1) is 13.3. The van der Waals surface area contributed by atoms with Gasteiger partial charge in [-0.2, -0.15) is 0 Å². The van der Waals surface area contributed by atoms with E-state index in [2.05, 4.69) is 53.4 Å². The maximum Gasteiger partial charge on any atom is 0.310 e. The van der Waals surface area contributed by atoms with Crippen LogP contribution in [-0.2, 0) is 20.9 Å². The van der Waals surface area contributed by atoms with Gasteiger partial charge in [-0.3, -0.25) is 4.79 Å². The molecule has 2 aromatic rings. The zero-order valence-corrected chi connectivity index (χ0v) is 16.1. The normalized spacial score (nSPS) is 17.6. The molecule has 0 aromatic heterocycles. The molecule has 1 atom stereocenters. The SMILES string of the molecule is CCOC(=O)C1CCCN(CCOCc2ccccc2-c2ccccc2)C1. The van der Waals surface area contributed by atoms with Gasteiger partial charge in [0.1, 0.15) is 0 Å². The number of benzene rings is 2. The molecule has 144 valence electrons. The monoisotopic (exact) mass is 367 g/mol. The maximum absolute atomic E-state index is 12.0. The van der Waals surface area contributed by atoms with E-state index in [1.165, 1.54) is 16.7 Å². The lowest BCUT2D eigenvalue weighted by molar-refractivity contribution is -0.150. The van der Waals surface area contributed by atoms with E-state index in [1.54, 1.807) is 0 Å². The van der Waals surface area contributed by atoms with Crippen LogP contribution in [0.25, 0.3) is 11.1 Å². The average Bonchev–Trinajstić information content (AvgIpc) is 2.72. The molecule has 3 rings (SSSR count). The number of carbonyl (C=O) groups is 1. The van der Waals surface area contributed by atoms with Crippen LogP contribution >= 0.6 is 0 Å². The fourth-order valence-electron chi connectivity index (χ4n) is 3.63. The predicted octanol–water partition coefficient (Wildman–Crippen LogP) is 4.15. The summed E-state index contributed by atoms with van der Waals surface area (Å²) >= 11 is 0. The fraction of sp³-hybridized carbons (Fsp3) is 0.435. The molecule has 0 aliphatic carbocycles. The summed E-state index contributed by atoms with van der Waals surface area (Å²) in [5.41, 5.74) is 3.63. The minimum Gasteiger partial charge on any atom is -0.466 e. The van der Waals surface area contributed by atoms with Crippen LogP contribution in [0.1, 0.15) is 25.3 Å². The predicted molar refractivity (Wildman–Crippen MR) is 107 cm³/mol. The van der Waals surface area contributed by atoms with Gasteiger partial charge in [0, 0.05) is 13.1 Å². The van der Waals surface area contributed by atoms with E-state index in [9.17, 15) is 4.79 Å². The Kier molecular flexibility index (Phi) is 7.43. The third-order valence-electron chi connectivity index (χ3n) is 5.04. The summed E-state index contributed by atoms with van der Waals surface area (Å²) in [6, 6.07) is 18.8. The highest BCUT2D eigenvalue weighted by molar-refractivity contribution is 5.72. The van der Waals surface area contributed by atoms with E-state index in [4.69, 9.17) is 9.47 Å². The van der Waals surface area contributed by atoms with Gasteiger partial charge < -0.3 is 14.4 Å². The van der Waals surface area contributed by atoms with Crippen molar-refractivity contribution in [2.24, 2.45) is 5.92 Å². The average molecular weight is 367 g/mol. The molecular formula is C23H29NO3. The topological polar surface area (TPSA) is 38.8 Å². The number of carbonyl (C=O) groups excluding carboxylic acids is 1. The third-order valence-corrected chi connectivity index (χ3v) is 5.04. The van der Waals surface area contributed by atoms with Crippen LogP contribution in [0.2, 0.25) is 0 Å². The van der Waals surface area contributed by atoms with Crippen LogP contribution in [-0.4, -0.2) is 43.7 Å². The summed E-state index contributed by atoms with van der Waals surface area (Å²) in [5, 5.41) is 0. The maximum atomic E-state index is 12.0. The van der Waals surface area contributed by atoms with Gasteiger partial charge in [0.15, 0.2) is 0 Å². The molecule has 1 unspecified atom stereocenters. The zero-order chi connectivity index (χ0) is 18.9. The van der Waals surface area contributed by atoms with E-state index in [0.717, 1.165) is 32.5 Å². The van der Waals surface area contributed by atoms with Gasteiger partial charge in [-0.15, -0.1) is 0 Å². The van der Waals surface area contributed by atoms with Gasteiger partial charge in [0.2, 0.25) is 0 Å². The molecule has 4 nitrogen and oxygen atoms in total. The number of ether oxygens (including phenoxy) is 2. The molecule has 1 fully saturated rings. The van der Waals surface area contributed by atoms with Crippen molar-refractivity contribution in [3.63, 3.8) is 0 Å². The Morgan fingerprint density at radius 1 is 1.11 bits per heavy atom.